The summed E-state index contributed by atoms with van der Waals surface area (Å²) >= 11 is 0. The SMILES string of the molecule is NC(=O)C1CCCN(C(=O)C2CNCCN2)C1. The Morgan fingerprint density at radius 2 is 2.12 bits per heavy atom. The van der Waals surface area contributed by atoms with Gasteiger partial charge in [0, 0.05) is 32.7 Å². The maximum absolute atomic E-state index is 12.2. The van der Waals surface area contributed by atoms with Crippen molar-refractivity contribution in [1.82, 2.24) is 15.5 Å². The third-order valence-electron chi connectivity index (χ3n) is 3.47. The summed E-state index contributed by atoms with van der Waals surface area (Å²) in [5, 5.41) is 6.38. The van der Waals surface area contributed by atoms with Crippen LogP contribution in [0.25, 0.3) is 0 Å². The van der Waals surface area contributed by atoms with Crippen LogP contribution in [0.1, 0.15) is 12.8 Å². The maximum Gasteiger partial charge on any atom is 0.241 e. The van der Waals surface area contributed by atoms with Crippen molar-refractivity contribution in [3.8, 4) is 0 Å². The molecule has 6 nitrogen and oxygen atoms in total. The molecule has 2 heterocycles. The molecule has 17 heavy (non-hydrogen) atoms. The predicted molar refractivity (Wildman–Crippen MR) is 63.2 cm³/mol. The monoisotopic (exact) mass is 240 g/mol. The fraction of sp³-hybridized carbons (Fsp3) is 0.818. The Labute approximate surface area is 101 Å². The van der Waals surface area contributed by atoms with Crippen molar-refractivity contribution in [2.75, 3.05) is 32.7 Å². The zero-order valence-electron chi connectivity index (χ0n) is 9.95. The first-order valence-electron chi connectivity index (χ1n) is 6.20. The molecule has 6 heteroatoms. The largest absolute Gasteiger partial charge is 0.369 e. The van der Waals surface area contributed by atoms with Crippen molar-refractivity contribution >= 4 is 11.8 Å². The molecular formula is C11H20N4O2. The molecule has 96 valence electrons. The summed E-state index contributed by atoms with van der Waals surface area (Å²) in [5.74, 6) is -0.385. The zero-order chi connectivity index (χ0) is 12.3. The summed E-state index contributed by atoms with van der Waals surface area (Å²) in [6.45, 7) is 3.58. The maximum atomic E-state index is 12.2. The molecule has 2 unspecified atom stereocenters. The topological polar surface area (TPSA) is 87.5 Å². The minimum absolute atomic E-state index is 0.0863. The van der Waals surface area contributed by atoms with Gasteiger partial charge in [0.15, 0.2) is 0 Å². The second kappa shape index (κ2) is 5.46. The first-order chi connectivity index (χ1) is 8.18. The molecule has 2 aliphatic heterocycles. The molecule has 2 amide bonds. The Morgan fingerprint density at radius 1 is 1.29 bits per heavy atom. The van der Waals surface area contributed by atoms with Crippen LogP contribution in [0, 0.1) is 5.92 Å². The Balaban J connectivity index is 1.91. The van der Waals surface area contributed by atoms with Gasteiger partial charge in [-0.25, -0.2) is 0 Å². The van der Waals surface area contributed by atoms with Crippen LogP contribution in [0.4, 0.5) is 0 Å². The van der Waals surface area contributed by atoms with Gasteiger partial charge < -0.3 is 21.3 Å². The first kappa shape index (κ1) is 12.3. The number of carbonyl (C=O) groups is 2. The van der Waals surface area contributed by atoms with Gasteiger partial charge in [-0.1, -0.05) is 0 Å². The summed E-state index contributed by atoms with van der Waals surface area (Å²) in [7, 11) is 0. The van der Waals surface area contributed by atoms with Crippen molar-refractivity contribution in [2.45, 2.75) is 18.9 Å². The van der Waals surface area contributed by atoms with E-state index in [1.54, 1.807) is 4.90 Å². The van der Waals surface area contributed by atoms with Crippen molar-refractivity contribution in [3.05, 3.63) is 0 Å². The molecule has 2 saturated heterocycles. The molecule has 0 bridgehead atoms. The van der Waals surface area contributed by atoms with E-state index < -0.39 is 0 Å². The highest BCUT2D eigenvalue weighted by molar-refractivity contribution is 5.84. The van der Waals surface area contributed by atoms with E-state index in [2.05, 4.69) is 10.6 Å². The lowest BCUT2D eigenvalue weighted by Gasteiger charge is -2.35. The zero-order valence-corrected chi connectivity index (χ0v) is 9.95. The number of primary amides is 1. The standard InChI is InChI=1S/C11H20N4O2/c12-10(16)8-2-1-5-15(7-8)11(17)9-6-13-3-4-14-9/h8-9,13-14H,1-7H2,(H2,12,16). The van der Waals surface area contributed by atoms with Crippen LogP contribution in [0.15, 0.2) is 0 Å². The van der Waals surface area contributed by atoms with E-state index in [1.165, 1.54) is 0 Å². The lowest BCUT2D eigenvalue weighted by Crippen LogP contribution is -2.58. The van der Waals surface area contributed by atoms with Crippen molar-refractivity contribution in [2.24, 2.45) is 11.7 Å². The number of hydrogen-bond acceptors (Lipinski definition) is 4. The van der Waals surface area contributed by atoms with E-state index in [0.29, 0.717) is 13.1 Å². The number of amides is 2. The van der Waals surface area contributed by atoms with Gasteiger partial charge in [0.25, 0.3) is 0 Å². The summed E-state index contributed by atoms with van der Waals surface area (Å²) in [6, 6.07) is -0.157. The number of nitrogens with zero attached hydrogens (tertiary/aromatic N) is 1. The second-order valence-electron chi connectivity index (χ2n) is 4.74. The van der Waals surface area contributed by atoms with Crippen LogP contribution >= 0.6 is 0 Å². The molecule has 0 aromatic carbocycles. The summed E-state index contributed by atoms with van der Waals surface area (Å²) in [4.78, 5) is 25.1. The Morgan fingerprint density at radius 3 is 2.76 bits per heavy atom. The van der Waals surface area contributed by atoms with E-state index in [1.807, 2.05) is 0 Å². The minimum Gasteiger partial charge on any atom is -0.369 e. The van der Waals surface area contributed by atoms with Crippen LogP contribution in [0.5, 0.6) is 0 Å². The first-order valence-corrected chi connectivity index (χ1v) is 6.20. The van der Waals surface area contributed by atoms with Gasteiger partial charge in [0.05, 0.1) is 12.0 Å². The van der Waals surface area contributed by atoms with Gasteiger partial charge in [0.2, 0.25) is 11.8 Å². The molecule has 2 aliphatic rings. The lowest BCUT2D eigenvalue weighted by molar-refractivity contribution is -0.137. The smallest absolute Gasteiger partial charge is 0.241 e. The number of nitrogens with two attached hydrogens (primary N) is 1. The Kier molecular flexibility index (Phi) is 3.96. The second-order valence-corrected chi connectivity index (χ2v) is 4.74. The number of rotatable bonds is 2. The van der Waals surface area contributed by atoms with E-state index in [-0.39, 0.29) is 23.8 Å². The number of hydrogen-bond donors (Lipinski definition) is 3. The molecule has 0 radical (unpaired) electrons. The molecule has 2 fully saturated rings. The Hall–Kier alpha value is -1.14. The van der Waals surface area contributed by atoms with Crippen LogP contribution in [-0.2, 0) is 9.59 Å². The van der Waals surface area contributed by atoms with E-state index in [4.69, 9.17) is 5.73 Å². The van der Waals surface area contributed by atoms with Gasteiger partial charge in [-0.15, -0.1) is 0 Å². The van der Waals surface area contributed by atoms with Crippen LogP contribution < -0.4 is 16.4 Å². The lowest BCUT2D eigenvalue weighted by atomic mass is 9.97. The number of nitrogens with one attached hydrogen (secondary N) is 2. The molecule has 0 aliphatic carbocycles. The quantitative estimate of drug-likeness (QED) is 0.535. The third-order valence-corrected chi connectivity index (χ3v) is 3.47. The van der Waals surface area contributed by atoms with E-state index in [9.17, 15) is 9.59 Å². The summed E-state index contributed by atoms with van der Waals surface area (Å²) in [5.41, 5.74) is 5.30. The van der Waals surface area contributed by atoms with Crippen LogP contribution in [0.3, 0.4) is 0 Å². The molecular weight excluding hydrogens is 220 g/mol. The van der Waals surface area contributed by atoms with E-state index in [0.717, 1.165) is 32.5 Å². The number of piperidine rings is 1. The molecule has 0 spiro atoms. The van der Waals surface area contributed by atoms with Crippen molar-refractivity contribution < 1.29 is 9.59 Å². The number of carbonyl (C=O) groups excluding carboxylic acids is 2. The fourth-order valence-electron chi connectivity index (χ4n) is 2.46. The normalized spacial score (nSPS) is 30.0. The van der Waals surface area contributed by atoms with Crippen LogP contribution in [0.2, 0.25) is 0 Å². The van der Waals surface area contributed by atoms with Gasteiger partial charge >= 0.3 is 0 Å². The van der Waals surface area contributed by atoms with Crippen molar-refractivity contribution in [3.63, 3.8) is 0 Å². The highest BCUT2D eigenvalue weighted by atomic mass is 16.2. The molecule has 0 saturated carbocycles. The predicted octanol–water partition coefficient (Wildman–Crippen LogP) is -1.73. The highest BCUT2D eigenvalue weighted by Crippen LogP contribution is 2.16. The average molecular weight is 240 g/mol. The van der Waals surface area contributed by atoms with Gasteiger partial charge in [-0.3, -0.25) is 9.59 Å². The van der Waals surface area contributed by atoms with Crippen LogP contribution in [-0.4, -0.2) is 55.5 Å². The Bertz CT molecular complexity index is 302. The van der Waals surface area contributed by atoms with Gasteiger partial charge in [0.1, 0.15) is 0 Å². The minimum atomic E-state index is -0.294. The number of likely N-dealkylation sites (tertiary alicyclic amines) is 1. The number of piperazine rings is 1. The molecule has 2 rings (SSSR count). The highest BCUT2D eigenvalue weighted by Gasteiger charge is 2.31. The van der Waals surface area contributed by atoms with E-state index >= 15 is 0 Å². The average Bonchev–Trinajstić information content (AvgIpc) is 2.39. The summed E-state index contributed by atoms with van der Waals surface area (Å²) < 4.78 is 0. The molecule has 4 N–H and O–H groups in total. The van der Waals surface area contributed by atoms with Gasteiger partial charge in [-0.05, 0) is 12.8 Å². The molecule has 2 atom stereocenters. The third kappa shape index (κ3) is 2.95. The fourth-order valence-corrected chi connectivity index (χ4v) is 2.46. The van der Waals surface area contributed by atoms with Gasteiger partial charge in [-0.2, -0.15) is 0 Å². The van der Waals surface area contributed by atoms with Crippen molar-refractivity contribution in [1.29, 1.82) is 0 Å². The molecule has 0 aromatic rings. The molecule has 0 aromatic heterocycles. The summed E-state index contributed by atoms with van der Waals surface area (Å²) in [6.07, 6.45) is 1.66.